The van der Waals surface area contributed by atoms with Crippen LogP contribution in [0.1, 0.15) is 11.3 Å². The zero-order valence-corrected chi connectivity index (χ0v) is 10.8. The van der Waals surface area contributed by atoms with E-state index < -0.39 is 0 Å². The summed E-state index contributed by atoms with van der Waals surface area (Å²) in [7, 11) is 0. The quantitative estimate of drug-likeness (QED) is 0.862. The van der Waals surface area contributed by atoms with Gasteiger partial charge in [0.2, 0.25) is 0 Å². The summed E-state index contributed by atoms with van der Waals surface area (Å²) in [6.07, 6.45) is 1.82. The molecule has 2 rings (SSSR count). The molecule has 4 nitrogen and oxygen atoms in total. The van der Waals surface area contributed by atoms with E-state index in [1.54, 1.807) is 0 Å². The Morgan fingerprint density at radius 2 is 2.00 bits per heavy atom. The first kappa shape index (κ1) is 12.5. The topological polar surface area (TPSA) is 63.8 Å². The van der Waals surface area contributed by atoms with Gasteiger partial charge in [0, 0.05) is 18.7 Å². The first-order chi connectivity index (χ1) is 8.72. The van der Waals surface area contributed by atoms with E-state index in [-0.39, 0.29) is 0 Å². The summed E-state index contributed by atoms with van der Waals surface area (Å²) in [6.45, 7) is 5.36. The molecule has 1 aromatic carbocycles. The van der Waals surface area contributed by atoms with Crippen molar-refractivity contribution in [2.24, 2.45) is 5.73 Å². The molecule has 0 saturated carbocycles. The number of nitrogens with one attached hydrogen (secondary N) is 1. The van der Waals surface area contributed by atoms with Crippen LogP contribution in [-0.4, -0.2) is 23.1 Å². The highest BCUT2D eigenvalue weighted by Gasteiger charge is 2.06. The van der Waals surface area contributed by atoms with Crippen molar-refractivity contribution < 1.29 is 0 Å². The second-order valence-electron chi connectivity index (χ2n) is 4.22. The van der Waals surface area contributed by atoms with Crippen molar-refractivity contribution in [1.82, 2.24) is 9.97 Å². The minimum Gasteiger partial charge on any atom is -0.381 e. The van der Waals surface area contributed by atoms with Gasteiger partial charge in [-0.3, -0.25) is 0 Å². The Morgan fingerprint density at radius 3 is 2.67 bits per heavy atom. The minimum atomic E-state index is 0.596. The van der Waals surface area contributed by atoms with Gasteiger partial charge in [0.1, 0.15) is 0 Å². The predicted molar refractivity (Wildman–Crippen MR) is 74.5 cm³/mol. The van der Waals surface area contributed by atoms with Crippen LogP contribution in [0.2, 0.25) is 0 Å². The van der Waals surface area contributed by atoms with Crippen molar-refractivity contribution in [3.63, 3.8) is 0 Å². The lowest BCUT2D eigenvalue weighted by Crippen LogP contribution is -2.14. The van der Waals surface area contributed by atoms with Crippen molar-refractivity contribution in [2.45, 2.75) is 13.8 Å². The summed E-state index contributed by atoms with van der Waals surface area (Å²) in [5.41, 5.74) is 9.60. The molecule has 0 aliphatic heterocycles. The van der Waals surface area contributed by atoms with E-state index in [2.05, 4.69) is 28.3 Å². The van der Waals surface area contributed by atoms with Crippen LogP contribution in [0, 0.1) is 13.8 Å². The maximum absolute atomic E-state index is 5.46. The monoisotopic (exact) mass is 242 g/mol. The van der Waals surface area contributed by atoms with Gasteiger partial charge in [-0.25, -0.2) is 9.97 Å². The largest absolute Gasteiger partial charge is 0.381 e. The van der Waals surface area contributed by atoms with Gasteiger partial charge < -0.3 is 11.1 Å². The van der Waals surface area contributed by atoms with Gasteiger partial charge in [-0.15, -0.1) is 0 Å². The Morgan fingerprint density at radius 1 is 1.22 bits per heavy atom. The predicted octanol–water partition coefficient (Wildman–Crippen LogP) is 2.13. The second-order valence-corrected chi connectivity index (χ2v) is 4.22. The van der Waals surface area contributed by atoms with Crippen molar-refractivity contribution in [3.8, 4) is 11.4 Å². The van der Waals surface area contributed by atoms with Crippen LogP contribution in [0.5, 0.6) is 0 Å². The summed E-state index contributed by atoms with van der Waals surface area (Å²) >= 11 is 0. The molecule has 4 heteroatoms. The third kappa shape index (κ3) is 2.65. The Labute approximate surface area is 107 Å². The number of aromatic nitrogens is 2. The number of aryl methyl sites for hydroxylation is 2. The summed E-state index contributed by atoms with van der Waals surface area (Å²) in [4.78, 5) is 8.95. The van der Waals surface area contributed by atoms with Gasteiger partial charge in [-0.1, -0.05) is 24.3 Å². The number of nitrogens with zero attached hydrogens (tertiary/aromatic N) is 2. The molecule has 0 atom stereocenters. The number of hydrogen-bond acceptors (Lipinski definition) is 4. The number of hydrogen-bond donors (Lipinski definition) is 2. The fourth-order valence-electron chi connectivity index (χ4n) is 1.80. The van der Waals surface area contributed by atoms with Crippen LogP contribution in [0.15, 0.2) is 30.5 Å². The molecular weight excluding hydrogens is 224 g/mol. The van der Waals surface area contributed by atoms with Crippen molar-refractivity contribution in [1.29, 1.82) is 0 Å². The van der Waals surface area contributed by atoms with Crippen LogP contribution in [0.4, 0.5) is 5.69 Å². The molecule has 1 heterocycles. The zero-order valence-electron chi connectivity index (χ0n) is 10.8. The van der Waals surface area contributed by atoms with Gasteiger partial charge in [0.25, 0.3) is 0 Å². The Hall–Kier alpha value is -1.94. The number of benzene rings is 1. The molecule has 0 saturated heterocycles. The molecule has 0 aliphatic rings. The molecule has 0 unspecified atom stereocenters. The lowest BCUT2D eigenvalue weighted by molar-refractivity contribution is 1.00. The second kappa shape index (κ2) is 5.60. The molecule has 0 amide bonds. The molecule has 0 fully saturated rings. The van der Waals surface area contributed by atoms with E-state index in [9.17, 15) is 0 Å². The molecule has 3 N–H and O–H groups in total. The summed E-state index contributed by atoms with van der Waals surface area (Å²) in [5, 5.41) is 3.21. The maximum atomic E-state index is 5.46. The van der Waals surface area contributed by atoms with Crippen molar-refractivity contribution in [2.75, 3.05) is 18.4 Å². The highest BCUT2D eigenvalue weighted by Crippen LogP contribution is 2.21. The fourth-order valence-corrected chi connectivity index (χ4v) is 1.80. The molecule has 2 aromatic rings. The van der Waals surface area contributed by atoms with Crippen molar-refractivity contribution in [3.05, 3.63) is 41.7 Å². The van der Waals surface area contributed by atoms with Crippen LogP contribution in [-0.2, 0) is 0 Å². The Bertz CT molecular complexity index is 537. The van der Waals surface area contributed by atoms with Crippen molar-refractivity contribution >= 4 is 5.69 Å². The van der Waals surface area contributed by atoms with E-state index >= 15 is 0 Å². The van der Waals surface area contributed by atoms with Gasteiger partial charge in [0.15, 0.2) is 5.82 Å². The summed E-state index contributed by atoms with van der Waals surface area (Å²) in [5.74, 6) is 0.767. The third-order valence-corrected chi connectivity index (χ3v) is 2.83. The van der Waals surface area contributed by atoms with E-state index in [0.29, 0.717) is 6.54 Å². The number of nitrogens with two attached hydrogens (primary N) is 1. The van der Waals surface area contributed by atoms with E-state index in [4.69, 9.17) is 5.73 Å². The Kier molecular flexibility index (Phi) is 3.89. The van der Waals surface area contributed by atoms with Gasteiger partial charge in [-0.2, -0.15) is 0 Å². The van der Waals surface area contributed by atoms with Crippen LogP contribution < -0.4 is 11.1 Å². The maximum Gasteiger partial charge on any atom is 0.159 e. The summed E-state index contributed by atoms with van der Waals surface area (Å²) in [6, 6.07) is 8.12. The molecule has 18 heavy (non-hydrogen) atoms. The van der Waals surface area contributed by atoms with Crippen LogP contribution in [0.3, 0.4) is 0 Å². The highest BCUT2D eigenvalue weighted by atomic mass is 15.0. The SMILES string of the molecule is Cc1ccccc1-c1ncc(NCCN)c(C)n1. The smallest absolute Gasteiger partial charge is 0.159 e. The highest BCUT2D eigenvalue weighted by molar-refractivity contribution is 5.61. The van der Waals surface area contributed by atoms with Crippen LogP contribution in [0.25, 0.3) is 11.4 Å². The zero-order chi connectivity index (χ0) is 13.0. The van der Waals surface area contributed by atoms with E-state index in [1.165, 1.54) is 5.56 Å². The number of rotatable bonds is 4. The van der Waals surface area contributed by atoms with E-state index in [0.717, 1.165) is 29.3 Å². The average Bonchev–Trinajstić information content (AvgIpc) is 2.38. The average molecular weight is 242 g/mol. The third-order valence-electron chi connectivity index (χ3n) is 2.83. The van der Waals surface area contributed by atoms with Gasteiger partial charge >= 0.3 is 0 Å². The lowest BCUT2D eigenvalue weighted by atomic mass is 10.1. The lowest BCUT2D eigenvalue weighted by Gasteiger charge is -2.09. The molecule has 0 radical (unpaired) electrons. The number of anilines is 1. The first-order valence-corrected chi connectivity index (χ1v) is 6.06. The molecular formula is C14H18N4. The van der Waals surface area contributed by atoms with Gasteiger partial charge in [-0.05, 0) is 19.4 Å². The molecule has 0 spiro atoms. The summed E-state index contributed by atoms with van der Waals surface area (Å²) < 4.78 is 0. The van der Waals surface area contributed by atoms with Crippen LogP contribution >= 0.6 is 0 Å². The minimum absolute atomic E-state index is 0.596. The standard InChI is InChI=1S/C14H18N4/c1-10-5-3-4-6-12(10)14-17-9-13(11(2)18-14)16-8-7-15/h3-6,9,16H,7-8,15H2,1-2H3. The molecule has 0 bridgehead atoms. The fraction of sp³-hybridized carbons (Fsp3) is 0.286. The molecule has 1 aromatic heterocycles. The molecule has 0 aliphatic carbocycles. The molecule has 94 valence electrons. The normalized spacial score (nSPS) is 10.4. The van der Waals surface area contributed by atoms with Gasteiger partial charge in [0.05, 0.1) is 17.6 Å². The van der Waals surface area contributed by atoms with E-state index in [1.807, 2.05) is 31.3 Å². The first-order valence-electron chi connectivity index (χ1n) is 6.06. The Balaban J connectivity index is 2.32.